The first kappa shape index (κ1) is 26.8. The average Bonchev–Trinajstić information content (AvgIpc) is 2.84. The summed E-state index contributed by atoms with van der Waals surface area (Å²) in [4.78, 5) is 29.0. The lowest BCUT2D eigenvalue weighted by Crippen LogP contribution is -2.52. The maximum absolute atomic E-state index is 13.8. The number of carbonyl (C=O) groups is 2. The number of rotatable bonds is 10. The van der Waals surface area contributed by atoms with Gasteiger partial charge in [0.25, 0.3) is 0 Å². The van der Waals surface area contributed by atoms with Crippen LogP contribution in [0.4, 0.5) is 0 Å². The van der Waals surface area contributed by atoms with Crippen molar-refractivity contribution in [2.75, 3.05) is 0 Å². The Morgan fingerprint density at radius 2 is 1.63 bits per heavy atom. The number of aryl methyl sites for hydroxylation is 1. The van der Waals surface area contributed by atoms with Crippen LogP contribution in [0.1, 0.15) is 42.5 Å². The van der Waals surface area contributed by atoms with Gasteiger partial charge in [-0.25, -0.2) is 0 Å². The summed E-state index contributed by atoms with van der Waals surface area (Å²) in [6.45, 7) is 6.33. The summed E-state index contributed by atoms with van der Waals surface area (Å²) in [5, 5.41) is 4.03. The van der Waals surface area contributed by atoms with Gasteiger partial charge in [0, 0.05) is 29.1 Å². The average molecular weight is 511 g/mol. The molecule has 1 N–H and O–H groups in total. The number of nitrogens with one attached hydrogen (secondary N) is 1. The zero-order valence-electron chi connectivity index (χ0n) is 20.4. The molecule has 0 aromatic heterocycles. The van der Waals surface area contributed by atoms with Crippen LogP contribution >= 0.6 is 23.2 Å². The molecule has 0 aliphatic heterocycles. The quantitative estimate of drug-likeness (QED) is 0.343. The molecule has 2 atom stereocenters. The van der Waals surface area contributed by atoms with Crippen LogP contribution in [0.15, 0.2) is 72.8 Å². The highest BCUT2D eigenvalue weighted by Crippen LogP contribution is 2.23. The standard InChI is InChI=1S/C29H32Cl2N2O2/c1-4-21(3)32-29(35)27(16-22-8-6-5-7-9-22)33(19-23-12-10-20(2)11-13-23)28(34)17-24-14-15-25(30)18-26(24)31/h5-15,18,21,27H,4,16-17,19H2,1-3H3,(H,32,35)/t21-,27-/m1/s1. The number of carbonyl (C=O) groups excluding carboxylic acids is 2. The van der Waals surface area contributed by atoms with Crippen LogP contribution in [0.25, 0.3) is 0 Å². The molecule has 0 radical (unpaired) electrons. The smallest absolute Gasteiger partial charge is 0.243 e. The van der Waals surface area contributed by atoms with Crippen molar-refractivity contribution in [1.82, 2.24) is 10.2 Å². The lowest BCUT2D eigenvalue weighted by Gasteiger charge is -2.32. The van der Waals surface area contributed by atoms with Crippen molar-refractivity contribution >= 4 is 35.0 Å². The molecule has 35 heavy (non-hydrogen) atoms. The molecule has 2 amide bonds. The fourth-order valence-corrected chi connectivity index (χ4v) is 4.29. The van der Waals surface area contributed by atoms with Crippen molar-refractivity contribution in [2.45, 2.75) is 58.7 Å². The van der Waals surface area contributed by atoms with Crippen molar-refractivity contribution in [1.29, 1.82) is 0 Å². The summed E-state index contributed by atoms with van der Waals surface area (Å²) in [5.74, 6) is -0.333. The predicted octanol–water partition coefficient (Wildman–Crippen LogP) is 6.40. The SMILES string of the molecule is CC[C@@H](C)NC(=O)[C@@H](Cc1ccccc1)N(Cc1ccc(C)cc1)C(=O)Cc1ccc(Cl)cc1Cl. The molecule has 0 spiro atoms. The van der Waals surface area contributed by atoms with Gasteiger partial charge in [-0.05, 0) is 49.1 Å². The van der Waals surface area contributed by atoms with Gasteiger partial charge in [0.1, 0.15) is 6.04 Å². The molecule has 0 aliphatic rings. The molecule has 0 fully saturated rings. The van der Waals surface area contributed by atoms with Gasteiger partial charge in [-0.15, -0.1) is 0 Å². The van der Waals surface area contributed by atoms with Crippen LogP contribution in [-0.2, 0) is 29.0 Å². The molecule has 6 heteroatoms. The highest BCUT2D eigenvalue weighted by molar-refractivity contribution is 6.35. The summed E-state index contributed by atoms with van der Waals surface area (Å²) >= 11 is 12.4. The molecule has 0 aliphatic carbocycles. The van der Waals surface area contributed by atoms with Crippen molar-refractivity contribution in [2.24, 2.45) is 0 Å². The summed E-state index contributed by atoms with van der Waals surface area (Å²) in [6.07, 6.45) is 1.29. The van der Waals surface area contributed by atoms with Crippen LogP contribution in [0, 0.1) is 6.92 Å². The van der Waals surface area contributed by atoms with Gasteiger partial charge in [-0.1, -0.05) is 96.4 Å². The highest BCUT2D eigenvalue weighted by atomic mass is 35.5. The van der Waals surface area contributed by atoms with Crippen LogP contribution in [0.2, 0.25) is 10.0 Å². The molecule has 4 nitrogen and oxygen atoms in total. The molecule has 3 aromatic carbocycles. The summed E-state index contributed by atoms with van der Waals surface area (Å²) in [7, 11) is 0. The second-order valence-electron chi connectivity index (χ2n) is 8.94. The van der Waals surface area contributed by atoms with E-state index in [1.807, 2.05) is 75.4 Å². The number of hydrogen-bond donors (Lipinski definition) is 1. The van der Waals surface area contributed by atoms with E-state index in [1.165, 1.54) is 0 Å². The molecule has 0 unspecified atom stereocenters. The minimum Gasteiger partial charge on any atom is -0.352 e. The highest BCUT2D eigenvalue weighted by Gasteiger charge is 2.31. The summed E-state index contributed by atoms with van der Waals surface area (Å²) < 4.78 is 0. The van der Waals surface area contributed by atoms with E-state index in [1.54, 1.807) is 23.1 Å². The Morgan fingerprint density at radius 3 is 2.26 bits per heavy atom. The van der Waals surface area contributed by atoms with Gasteiger partial charge in [0.2, 0.25) is 11.8 Å². The van der Waals surface area contributed by atoms with Crippen LogP contribution in [-0.4, -0.2) is 28.8 Å². The van der Waals surface area contributed by atoms with Crippen LogP contribution < -0.4 is 5.32 Å². The van der Waals surface area contributed by atoms with E-state index < -0.39 is 6.04 Å². The fourth-order valence-electron chi connectivity index (χ4n) is 3.81. The lowest BCUT2D eigenvalue weighted by molar-refractivity contribution is -0.141. The molecule has 0 bridgehead atoms. The van der Waals surface area contributed by atoms with E-state index in [0.29, 0.717) is 28.6 Å². The van der Waals surface area contributed by atoms with E-state index in [9.17, 15) is 9.59 Å². The number of benzene rings is 3. The van der Waals surface area contributed by atoms with E-state index in [-0.39, 0.29) is 24.3 Å². The zero-order chi connectivity index (χ0) is 25.4. The molecule has 3 aromatic rings. The molecule has 0 heterocycles. The fraction of sp³-hybridized carbons (Fsp3) is 0.310. The summed E-state index contributed by atoms with van der Waals surface area (Å²) in [5.41, 5.74) is 3.76. The third kappa shape index (κ3) is 7.84. The second kappa shape index (κ2) is 12.8. The first-order valence-corrected chi connectivity index (χ1v) is 12.7. The first-order chi connectivity index (χ1) is 16.8. The molecule has 0 saturated carbocycles. The minimum absolute atomic E-state index is 0.00260. The van der Waals surface area contributed by atoms with Crippen LogP contribution in [0.5, 0.6) is 0 Å². The number of amides is 2. The molecule has 184 valence electrons. The van der Waals surface area contributed by atoms with Crippen molar-refractivity contribution in [3.63, 3.8) is 0 Å². The summed E-state index contributed by atoms with van der Waals surface area (Å²) in [6, 6.07) is 22.2. The maximum atomic E-state index is 13.8. The molecular weight excluding hydrogens is 479 g/mol. The van der Waals surface area contributed by atoms with Crippen molar-refractivity contribution in [3.05, 3.63) is 105 Å². The Morgan fingerprint density at radius 1 is 0.943 bits per heavy atom. The van der Waals surface area contributed by atoms with E-state index in [2.05, 4.69) is 5.32 Å². The van der Waals surface area contributed by atoms with Crippen LogP contribution in [0.3, 0.4) is 0 Å². The van der Waals surface area contributed by atoms with E-state index >= 15 is 0 Å². The largest absolute Gasteiger partial charge is 0.352 e. The Labute approximate surface area is 218 Å². The van der Waals surface area contributed by atoms with Gasteiger partial charge >= 0.3 is 0 Å². The monoisotopic (exact) mass is 510 g/mol. The van der Waals surface area contributed by atoms with Gasteiger partial charge < -0.3 is 10.2 Å². The van der Waals surface area contributed by atoms with Crippen molar-refractivity contribution in [3.8, 4) is 0 Å². The van der Waals surface area contributed by atoms with Gasteiger partial charge in [0.15, 0.2) is 0 Å². The van der Waals surface area contributed by atoms with E-state index in [4.69, 9.17) is 23.2 Å². The Bertz CT molecular complexity index is 1130. The number of halogens is 2. The van der Waals surface area contributed by atoms with Gasteiger partial charge in [0.05, 0.1) is 6.42 Å². The first-order valence-electron chi connectivity index (χ1n) is 11.9. The topological polar surface area (TPSA) is 49.4 Å². The molecule has 0 saturated heterocycles. The zero-order valence-corrected chi connectivity index (χ0v) is 21.9. The predicted molar refractivity (Wildman–Crippen MR) is 144 cm³/mol. The maximum Gasteiger partial charge on any atom is 0.243 e. The van der Waals surface area contributed by atoms with E-state index in [0.717, 1.165) is 23.1 Å². The number of nitrogens with zero attached hydrogens (tertiary/aromatic N) is 1. The number of hydrogen-bond acceptors (Lipinski definition) is 2. The van der Waals surface area contributed by atoms with Gasteiger partial charge in [-0.3, -0.25) is 9.59 Å². The Balaban J connectivity index is 1.98. The molecule has 3 rings (SSSR count). The Kier molecular flexibility index (Phi) is 9.76. The lowest BCUT2D eigenvalue weighted by atomic mass is 10.0. The minimum atomic E-state index is -0.675. The normalized spacial score (nSPS) is 12.6. The van der Waals surface area contributed by atoms with Crippen molar-refractivity contribution < 1.29 is 9.59 Å². The third-order valence-electron chi connectivity index (χ3n) is 6.10. The second-order valence-corrected chi connectivity index (χ2v) is 9.79. The Hall–Kier alpha value is -2.82. The third-order valence-corrected chi connectivity index (χ3v) is 6.69. The molecular formula is C29H32Cl2N2O2. The van der Waals surface area contributed by atoms with Gasteiger partial charge in [-0.2, -0.15) is 0 Å².